The average Bonchev–Trinajstić information content (AvgIpc) is 2.84. The molecule has 2 aromatic carbocycles. The van der Waals surface area contributed by atoms with E-state index >= 15 is 0 Å². The molecule has 0 saturated heterocycles. The van der Waals surface area contributed by atoms with Gasteiger partial charge in [-0.05, 0) is 71.8 Å². The lowest BCUT2D eigenvalue weighted by molar-refractivity contribution is -0.144. The van der Waals surface area contributed by atoms with Crippen molar-refractivity contribution >= 4 is 27.7 Å². The number of rotatable bonds is 6. The Kier molecular flexibility index (Phi) is 7.36. The molecule has 0 spiro atoms. The van der Waals surface area contributed by atoms with Crippen LogP contribution < -0.4 is 10.1 Å². The summed E-state index contributed by atoms with van der Waals surface area (Å²) in [5.74, 6) is -0.837. The van der Waals surface area contributed by atoms with Gasteiger partial charge in [0, 0.05) is 29.3 Å². The molecule has 2 aromatic rings. The van der Waals surface area contributed by atoms with Gasteiger partial charge in [0.2, 0.25) is 0 Å². The number of aromatic hydroxyl groups is 1. The molecule has 2 N–H and O–H groups in total. The number of carbonyl (C=O) groups excluding carboxylic acids is 2. The molecule has 1 aliphatic heterocycles. The highest BCUT2D eigenvalue weighted by Gasteiger charge is 2.42. The first kappa shape index (κ1) is 25.0. The molecule has 0 bridgehead atoms. The number of phenols is 1. The van der Waals surface area contributed by atoms with Crippen LogP contribution in [0.4, 0.5) is 0 Å². The van der Waals surface area contributed by atoms with Gasteiger partial charge in [0.15, 0.2) is 17.3 Å². The number of benzene rings is 2. The predicted octanol–water partition coefficient (Wildman–Crippen LogP) is 5.87. The Bertz CT molecular complexity index is 1220. The zero-order valence-corrected chi connectivity index (χ0v) is 21.9. The van der Waals surface area contributed by atoms with Gasteiger partial charge in [0.1, 0.15) is 0 Å². The summed E-state index contributed by atoms with van der Waals surface area (Å²) in [6.45, 7) is 5.64. The average molecular weight is 540 g/mol. The highest BCUT2D eigenvalue weighted by molar-refractivity contribution is 9.10. The molecule has 0 radical (unpaired) electrons. The number of phenolic OH excluding ortho intramolecular Hbond substituents is 1. The molecule has 0 amide bonds. The van der Waals surface area contributed by atoms with Gasteiger partial charge in [-0.1, -0.05) is 37.3 Å². The first-order chi connectivity index (χ1) is 16.7. The maximum absolute atomic E-state index is 13.7. The number of hydrogen-bond acceptors (Lipinski definition) is 6. The van der Waals surface area contributed by atoms with E-state index in [9.17, 15) is 14.7 Å². The van der Waals surface area contributed by atoms with E-state index in [2.05, 4.69) is 21.2 Å². The third-order valence-corrected chi connectivity index (χ3v) is 7.41. The summed E-state index contributed by atoms with van der Waals surface area (Å²) in [6, 6.07) is 13.4. The fraction of sp³-hybridized carbons (Fsp3) is 0.357. The maximum Gasteiger partial charge on any atom is 0.337 e. The summed E-state index contributed by atoms with van der Waals surface area (Å²) >= 11 is 3.39. The molecule has 0 unspecified atom stereocenters. The summed E-state index contributed by atoms with van der Waals surface area (Å²) < 4.78 is 11.5. The number of ketones is 1. The molecule has 2 aliphatic rings. The molecule has 1 aliphatic carbocycles. The number of dihydropyridines is 1. The van der Waals surface area contributed by atoms with Crippen LogP contribution in [0.2, 0.25) is 0 Å². The lowest BCUT2D eigenvalue weighted by atomic mass is 9.71. The number of ether oxygens (including phenoxy) is 2. The maximum atomic E-state index is 13.7. The Balaban J connectivity index is 1.85. The Morgan fingerprint density at radius 1 is 1.20 bits per heavy atom. The van der Waals surface area contributed by atoms with Crippen molar-refractivity contribution in [3.63, 3.8) is 0 Å². The lowest BCUT2D eigenvalue weighted by Gasteiger charge is -2.37. The molecule has 4 rings (SSSR count). The predicted molar refractivity (Wildman–Crippen MR) is 137 cm³/mol. The van der Waals surface area contributed by atoms with Gasteiger partial charge in [0.25, 0.3) is 0 Å². The van der Waals surface area contributed by atoms with Crippen molar-refractivity contribution in [2.75, 3.05) is 7.11 Å². The van der Waals surface area contributed by atoms with Gasteiger partial charge < -0.3 is 19.9 Å². The number of hydrogen-bond donors (Lipinski definition) is 2. The number of allylic oxidation sites excluding steroid dienone is 3. The van der Waals surface area contributed by atoms with Crippen LogP contribution in [0.15, 0.2) is 69.5 Å². The van der Waals surface area contributed by atoms with Crippen molar-refractivity contribution in [2.45, 2.75) is 58.0 Å². The highest BCUT2D eigenvalue weighted by Crippen LogP contribution is 2.48. The quantitative estimate of drug-likeness (QED) is 0.446. The Morgan fingerprint density at radius 3 is 2.57 bits per heavy atom. The van der Waals surface area contributed by atoms with Gasteiger partial charge in [-0.25, -0.2) is 4.79 Å². The second-order valence-corrected chi connectivity index (χ2v) is 9.96. The van der Waals surface area contributed by atoms with Crippen LogP contribution in [0, 0.1) is 0 Å². The van der Waals surface area contributed by atoms with Crippen molar-refractivity contribution in [2.24, 2.45) is 0 Å². The molecule has 184 valence electrons. The number of methoxy groups -OCH3 is 1. The fourth-order valence-corrected chi connectivity index (χ4v) is 5.31. The van der Waals surface area contributed by atoms with Gasteiger partial charge >= 0.3 is 5.97 Å². The third kappa shape index (κ3) is 4.87. The summed E-state index contributed by atoms with van der Waals surface area (Å²) in [5.41, 5.74) is 4.23. The number of carbonyl (C=O) groups is 2. The van der Waals surface area contributed by atoms with Crippen LogP contribution in [-0.2, 0) is 14.3 Å². The van der Waals surface area contributed by atoms with Crippen LogP contribution in [0.1, 0.15) is 63.0 Å². The van der Waals surface area contributed by atoms with E-state index in [1.54, 1.807) is 12.1 Å². The normalized spacial score (nSPS) is 20.8. The molecule has 7 heteroatoms. The van der Waals surface area contributed by atoms with Gasteiger partial charge in [-0.3, -0.25) is 4.79 Å². The van der Waals surface area contributed by atoms with Crippen LogP contribution in [0.5, 0.6) is 11.5 Å². The Morgan fingerprint density at radius 2 is 1.91 bits per heavy atom. The molecule has 0 aromatic heterocycles. The molecule has 1 heterocycles. The van der Waals surface area contributed by atoms with Gasteiger partial charge in [-0.2, -0.15) is 0 Å². The topological polar surface area (TPSA) is 84.9 Å². The Hall–Kier alpha value is -3.06. The van der Waals surface area contributed by atoms with Crippen LogP contribution >= 0.6 is 15.9 Å². The minimum absolute atomic E-state index is 0.0119. The molecule has 0 saturated carbocycles. The summed E-state index contributed by atoms with van der Waals surface area (Å²) in [7, 11) is 1.47. The largest absolute Gasteiger partial charge is 0.503 e. The van der Waals surface area contributed by atoms with Gasteiger partial charge in [0.05, 0.1) is 23.3 Å². The van der Waals surface area contributed by atoms with Crippen LogP contribution in [-0.4, -0.2) is 30.1 Å². The fourth-order valence-electron chi connectivity index (χ4n) is 4.85. The summed E-state index contributed by atoms with van der Waals surface area (Å²) in [6.07, 6.45) is 1.43. The lowest BCUT2D eigenvalue weighted by Crippen LogP contribution is -2.36. The molecule has 35 heavy (non-hydrogen) atoms. The zero-order chi connectivity index (χ0) is 25.3. The molecular formula is C28H30BrNO5. The second kappa shape index (κ2) is 10.3. The van der Waals surface area contributed by atoms with Crippen LogP contribution in [0.25, 0.3) is 0 Å². The van der Waals surface area contributed by atoms with E-state index < -0.39 is 11.9 Å². The van der Waals surface area contributed by atoms with E-state index in [0.717, 1.165) is 11.3 Å². The van der Waals surface area contributed by atoms with Crippen molar-refractivity contribution in [1.29, 1.82) is 0 Å². The highest BCUT2D eigenvalue weighted by atomic mass is 79.9. The monoisotopic (exact) mass is 539 g/mol. The van der Waals surface area contributed by atoms with Crippen molar-refractivity contribution in [1.82, 2.24) is 5.32 Å². The molecule has 0 fully saturated rings. The number of nitrogens with one attached hydrogen (secondary N) is 1. The first-order valence-electron chi connectivity index (χ1n) is 11.8. The van der Waals surface area contributed by atoms with Crippen LogP contribution in [0.3, 0.4) is 0 Å². The van der Waals surface area contributed by atoms with Gasteiger partial charge in [-0.15, -0.1) is 0 Å². The van der Waals surface area contributed by atoms with Crippen molar-refractivity contribution in [3.05, 3.63) is 80.6 Å². The molecule has 6 nitrogen and oxygen atoms in total. The number of halogens is 1. The van der Waals surface area contributed by atoms with E-state index in [4.69, 9.17) is 9.47 Å². The number of esters is 1. The second-order valence-electron chi connectivity index (χ2n) is 9.11. The van der Waals surface area contributed by atoms with E-state index in [1.807, 2.05) is 51.1 Å². The first-order valence-corrected chi connectivity index (χ1v) is 12.6. The number of Topliss-reactive ketones (excluding diaryl/α,β-unsaturated/α-hetero) is 1. The summed E-state index contributed by atoms with van der Waals surface area (Å²) in [4.78, 5) is 27.1. The summed E-state index contributed by atoms with van der Waals surface area (Å²) in [5, 5.41) is 13.7. The van der Waals surface area contributed by atoms with E-state index in [0.29, 0.717) is 46.1 Å². The Labute approximate surface area is 214 Å². The van der Waals surface area contributed by atoms with E-state index in [1.165, 1.54) is 7.11 Å². The smallest absolute Gasteiger partial charge is 0.337 e. The minimum atomic E-state index is -0.641. The minimum Gasteiger partial charge on any atom is -0.503 e. The zero-order valence-electron chi connectivity index (χ0n) is 20.4. The standard InChI is InChI=1S/C28H30BrNO5/c1-5-15(2)35-28(33)24-16(3)30-21-12-18(17-9-7-6-8-10-17)13-22(31)26(21)25(24)19-11-20(29)27(32)23(14-19)34-4/h6-11,14-15,18,25,30,32H,5,12-13H2,1-4H3/t15-,18+,25-/m1/s1. The third-order valence-electron chi connectivity index (χ3n) is 6.81. The molecule has 3 atom stereocenters. The van der Waals surface area contributed by atoms with Crippen molar-refractivity contribution in [3.8, 4) is 11.5 Å². The molecular weight excluding hydrogens is 510 g/mol. The SMILES string of the molecule is CC[C@@H](C)OC(=O)C1=C(C)NC2=C(C(=O)C[C@@H](c3ccccc3)C2)[C@@H]1c1cc(Br)c(O)c(OC)c1. The van der Waals surface area contributed by atoms with Crippen molar-refractivity contribution < 1.29 is 24.2 Å². The van der Waals surface area contributed by atoms with E-state index in [-0.39, 0.29) is 29.3 Å².